The maximum Gasteiger partial charge on any atom is 0.0199 e. The molecule has 0 aromatic heterocycles. The SMILES string of the molecule is ClSC1CCCCC1. The van der Waals surface area contributed by atoms with Crippen molar-refractivity contribution in [3.8, 4) is 0 Å². The van der Waals surface area contributed by atoms with Gasteiger partial charge >= 0.3 is 0 Å². The summed E-state index contributed by atoms with van der Waals surface area (Å²) in [5.41, 5.74) is 0. The Morgan fingerprint density at radius 3 is 2.12 bits per heavy atom. The number of hydrogen-bond acceptors (Lipinski definition) is 1. The van der Waals surface area contributed by atoms with Crippen molar-refractivity contribution in [1.82, 2.24) is 0 Å². The van der Waals surface area contributed by atoms with Crippen molar-refractivity contribution >= 4 is 21.7 Å². The Kier molecular flexibility index (Phi) is 3.06. The first kappa shape index (κ1) is 6.76. The summed E-state index contributed by atoms with van der Waals surface area (Å²) in [6.07, 6.45) is 6.89. The van der Waals surface area contributed by atoms with E-state index in [1.807, 2.05) is 0 Å². The molecule has 0 heterocycles. The van der Waals surface area contributed by atoms with Gasteiger partial charge in [0.05, 0.1) is 0 Å². The van der Waals surface area contributed by atoms with Crippen molar-refractivity contribution in [2.45, 2.75) is 37.4 Å². The maximum absolute atomic E-state index is 5.60. The third-order valence-corrected chi connectivity index (χ3v) is 3.16. The number of halogens is 1. The molecule has 2 heteroatoms. The summed E-state index contributed by atoms with van der Waals surface area (Å²) in [5.74, 6) is 0. The maximum atomic E-state index is 5.60. The minimum absolute atomic E-state index is 0.769. The Labute approximate surface area is 59.5 Å². The minimum Gasteiger partial charge on any atom is -0.0532 e. The van der Waals surface area contributed by atoms with Crippen molar-refractivity contribution < 1.29 is 0 Å². The summed E-state index contributed by atoms with van der Waals surface area (Å²) in [6, 6.07) is 0. The molecule has 0 radical (unpaired) electrons. The molecule has 0 amide bonds. The van der Waals surface area contributed by atoms with E-state index in [-0.39, 0.29) is 0 Å². The Morgan fingerprint density at radius 2 is 1.75 bits per heavy atom. The first-order chi connectivity index (χ1) is 3.93. The van der Waals surface area contributed by atoms with E-state index in [1.165, 1.54) is 43.1 Å². The molecular formula is C6H11ClS. The van der Waals surface area contributed by atoms with E-state index in [1.54, 1.807) is 0 Å². The summed E-state index contributed by atoms with van der Waals surface area (Å²) in [5, 5.41) is 0.769. The lowest BCUT2D eigenvalue weighted by molar-refractivity contribution is 0.517. The van der Waals surface area contributed by atoms with Gasteiger partial charge < -0.3 is 0 Å². The van der Waals surface area contributed by atoms with Gasteiger partial charge in [0, 0.05) is 5.25 Å². The molecule has 0 spiro atoms. The quantitative estimate of drug-likeness (QED) is 0.553. The zero-order valence-electron chi connectivity index (χ0n) is 4.90. The monoisotopic (exact) mass is 150 g/mol. The Bertz CT molecular complexity index is 59.5. The van der Waals surface area contributed by atoms with Gasteiger partial charge in [-0.15, -0.1) is 0 Å². The fourth-order valence-electron chi connectivity index (χ4n) is 1.15. The molecule has 1 aliphatic carbocycles. The van der Waals surface area contributed by atoms with Gasteiger partial charge in [0.2, 0.25) is 0 Å². The average molecular weight is 151 g/mol. The van der Waals surface area contributed by atoms with Crippen molar-refractivity contribution in [1.29, 1.82) is 0 Å². The van der Waals surface area contributed by atoms with E-state index in [2.05, 4.69) is 0 Å². The van der Waals surface area contributed by atoms with Gasteiger partial charge in [-0.2, -0.15) is 0 Å². The van der Waals surface area contributed by atoms with Gasteiger partial charge in [0.1, 0.15) is 0 Å². The lowest BCUT2D eigenvalue weighted by Crippen LogP contribution is -2.05. The molecule has 1 saturated carbocycles. The van der Waals surface area contributed by atoms with E-state index >= 15 is 0 Å². The second-order valence-corrected chi connectivity index (χ2v) is 3.73. The van der Waals surface area contributed by atoms with Gasteiger partial charge in [-0.05, 0) is 23.5 Å². The van der Waals surface area contributed by atoms with Crippen LogP contribution in [0.3, 0.4) is 0 Å². The molecule has 0 saturated heterocycles. The van der Waals surface area contributed by atoms with Crippen LogP contribution in [0.15, 0.2) is 0 Å². The van der Waals surface area contributed by atoms with Crippen LogP contribution in [0.5, 0.6) is 0 Å². The zero-order valence-corrected chi connectivity index (χ0v) is 6.47. The predicted molar refractivity (Wildman–Crippen MR) is 40.3 cm³/mol. The minimum atomic E-state index is 0.769. The van der Waals surface area contributed by atoms with E-state index in [9.17, 15) is 0 Å². The Morgan fingerprint density at radius 1 is 1.12 bits per heavy atom. The molecule has 0 N–H and O–H groups in total. The summed E-state index contributed by atoms with van der Waals surface area (Å²) in [4.78, 5) is 0. The van der Waals surface area contributed by atoms with Gasteiger partial charge in [0.25, 0.3) is 0 Å². The summed E-state index contributed by atoms with van der Waals surface area (Å²) < 4.78 is 0. The third kappa shape index (κ3) is 1.87. The average Bonchev–Trinajstić information content (AvgIpc) is 1.90. The van der Waals surface area contributed by atoms with Crippen LogP contribution in [0.4, 0.5) is 0 Å². The van der Waals surface area contributed by atoms with Crippen molar-refractivity contribution in [3.05, 3.63) is 0 Å². The van der Waals surface area contributed by atoms with Crippen LogP contribution in [0.1, 0.15) is 32.1 Å². The second-order valence-electron chi connectivity index (χ2n) is 2.35. The summed E-state index contributed by atoms with van der Waals surface area (Å²) in [7, 11) is 7.11. The zero-order chi connectivity index (χ0) is 5.82. The molecule has 0 aromatic carbocycles. The molecule has 0 aliphatic heterocycles. The van der Waals surface area contributed by atoms with Crippen LogP contribution in [-0.4, -0.2) is 5.25 Å². The molecule has 0 atom stereocenters. The van der Waals surface area contributed by atoms with Gasteiger partial charge in [0.15, 0.2) is 0 Å². The standard InChI is InChI=1S/C6H11ClS/c7-8-6-4-2-1-3-5-6/h6H,1-5H2. The molecule has 0 aromatic rings. The molecular weight excluding hydrogens is 140 g/mol. The van der Waals surface area contributed by atoms with Crippen LogP contribution in [0, 0.1) is 0 Å². The highest BCUT2D eigenvalue weighted by Gasteiger charge is 2.11. The predicted octanol–water partition coefficient (Wildman–Crippen LogP) is 3.21. The first-order valence-corrected chi connectivity index (χ1v) is 4.91. The fraction of sp³-hybridized carbons (Fsp3) is 1.00. The Balaban J connectivity index is 2.13. The molecule has 0 nitrogen and oxygen atoms in total. The second kappa shape index (κ2) is 3.62. The third-order valence-electron chi connectivity index (χ3n) is 1.68. The van der Waals surface area contributed by atoms with Crippen LogP contribution in [0.2, 0.25) is 0 Å². The Hall–Kier alpha value is 0.640. The number of hydrogen-bond donors (Lipinski definition) is 0. The van der Waals surface area contributed by atoms with Crippen LogP contribution in [0.25, 0.3) is 0 Å². The molecule has 1 aliphatic rings. The number of rotatable bonds is 1. The first-order valence-electron chi connectivity index (χ1n) is 3.21. The lowest BCUT2D eigenvalue weighted by atomic mass is 10.0. The van der Waals surface area contributed by atoms with E-state index in [0.29, 0.717) is 0 Å². The highest BCUT2D eigenvalue weighted by molar-refractivity contribution is 8.21. The highest BCUT2D eigenvalue weighted by Crippen LogP contribution is 2.29. The normalized spacial score (nSPS) is 23.6. The molecule has 1 rings (SSSR count). The molecule has 1 fully saturated rings. The summed E-state index contributed by atoms with van der Waals surface area (Å²) >= 11 is 0. The van der Waals surface area contributed by atoms with Crippen LogP contribution in [-0.2, 0) is 0 Å². The molecule has 48 valence electrons. The van der Waals surface area contributed by atoms with Crippen LogP contribution < -0.4 is 0 Å². The molecule has 0 unspecified atom stereocenters. The fourth-order valence-corrected chi connectivity index (χ4v) is 2.20. The van der Waals surface area contributed by atoms with E-state index in [0.717, 1.165) is 5.25 Å². The highest BCUT2D eigenvalue weighted by atomic mass is 35.7. The molecule has 8 heavy (non-hydrogen) atoms. The van der Waals surface area contributed by atoms with E-state index < -0.39 is 0 Å². The van der Waals surface area contributed by atoms with Gasteiger partial charge in [-0.3, -0.25) is 0 Å². The van der Waals surface area contributed by atoms with Crippen molar-refractivity contribution in [3.63, 3.8) is 0 Å². The summed E-state index contributed by atoms with van der Waals surface area (Å²) in [6.45, 7) is 0. The lowest BCUT2D eigenvalue weighted by Gasteiger charge is -2.16. The van der Waals surface area contributed by atoms with Crippen molar-refractivity contribution in [2.75, 3.05) is 0 Å². The van der Waals surface area contributed by atoms with Crippen molar-refractivity contribution in [2.24, 2.45) is 0 Å². The van der Waals surface area contributed by atoms with Gasteiger partial charge in [-0.25, -0.2) is 0 Å². The van der Waals surface area contributed by atoms with E-state index in [4.69, 9.17) is 10.7 Å². The molecule has 0 bridgehead atoms. The largest absolute Gasteiger partial charge is 0.0532 e. The van der Waals surface area contributed by atoms with Crippen LogP contribution >= 0.6 is 21.7 Å². The topological polar surface area (TPSA) is 0 Å². The smallest absolute Gasteiger partial charge is 0.0199 e. The van der Waals surface area contributed by atoms with Gasteiger partial charge in [-0.1, -0.05) is 30.2 Å².